The van der Waals surface area contributed by atoms with Crippen LogP contribution in [0.3, 0.4) is 0 Å². The van der Waals surface area contributed by atoms with Gasteiger partial charge in [-0.1, -0.05) is 44.2 Å². The van der Waals surface area contributed by atoms with E-state index in [4.69, 9.17) is 0 Å². The minimum atomic E-state index is 0.338. The van der Waals surface area contributed by atoms with E-state index < -0.39 is 0 Å². The zero-order valence-corrected chi connectivity index (χ0v) is 10.9. The van der Waals surface area contributed by atoms with Crippen LogP contribution in [-0.2, 0) is 6.54 Å². The lowest BCUT2D eigenvalue weighted by Gasteiger charge is -2.11. The first-order valence-electron chi connectivity index (χ1n) is 6.27. The Kier molecular flexibility index (Phi) is 3.88. The Morgan fingerprint density at radius 3 is 2.56 bits per heavy atom. The Hall–Kier alpha value is -1.96. The van der Waals surface area contributed by atoms with Crippen LogP contribution in [0.4, 0.5) is 5.69 Å². The molecule has 0 heterocycles. The summed E-state index contributed by atoms with van der Waals surface area (Å²) >= 11 is 0. The van der Waals surface area contributed by atoms with Gasteiger partial charge in [0, 0.05) is 17.8 Å². The molecule has 0 spiro atoms. The molecule has 2 N–H and O–H groups in total. The van der Waals surface area contributed by atoms with Crippen LogP contribution in [0.5, 0.6) is 5.75 Å². The number of hydrogen-bond acceptors (Lipinski definition) is 2. The molecule has 0 aliphatic heterocycles. The SMILES string of the molecule is CC(C)c1cccc(NCc2ccccc2O)c1. The minimum Gasteiger partial charge on any atom is -0.508 e. The van der Waals surface area contributed by atoms with Crippen molar-refractivity contribution in [3.63, 3.8) is 0 Å². The van der Waals surface area contributed by atoms with Crippen LogP contribution in [-0.4, -0.2) is 5.11 Å². The Bertz CT molecular complexity index is 520. The Morgan fingerprint density at radius 1 is 1.06 bits per heavy atom. The van der Waals surface area contributed by atoms with Crippen LogP contribution in [0.2, 0.25) is 0 Å². The number of anilines is 1. The second kappa shape index (κ2) is 5.58. The topological polar surface area (TPSA) is 32.3 Å². The van der Waals surface area contributed by atoms with Crippen molar-refractivity contribution in [1.82, 2.24) is 0 Å². The van der Waals surface area contributed by atoms with Crippen LogP contribution >= 0.6 is 0 Å². The number of para-hydroxylation sites is 1. The Morgan fingerprint density at radius 2 is 1.83 bits per heavy atom. The molecule has 94 valence electrons. The minimum absolute atomic E-state index is 0.338. The molecule has 0 aromatic heterocycles. The molecule has 0 aliphatic carbocycles. The lowest BCUT2D eigenvalue weighted by Crippen LogP contribution is -2.00. The summed E-state index contributed by atoms with van der Waals surface area (Å²) in [5.41, 5.74) is 3.31. The first-order chi connectivity index (χ1) is 8.66. The molecule has 0 saturated carbocycles. The molecule has 2 aromatic carbocycles. The monoisotopic (exact) mass is 241 g/mol. The molecule has 0 radical (unpaired) electrons. The third kappa shape index (κ3) is 3.04. The van der Waals surface area contributed by atoms with Crippen LogP contribution in [0.15, 0.2) is 48.5 Å². The number of phenolic OH excluding ortho intramolecular Hbond substituents is 1. The molecule has 0 amide bonds. The van der Waals surface area contributed by atoms with Gasteiger partial charge in [0.15, 0.2) is 0 Å². The molecule has 2 rings (SSSR count). The molecule has 0 bridgehead atoms. The van der Waals surface area contributed by atoms with Gasteiger partial charge in [-0.15, -0.1) is 0 Å². The maximum atomic E-state index is 9.69. The normalized spacial score (nSPS) is 10.6. The lowest BCUT2D eigenvalue weighted by molar-refractivity contribution is 0.469. The standard InChI is InChI=1S/C16H19NO/c1-12(2)13-7-5-8-15(10-13)17-11-14-6-3-4-9-16(14)18/h3-10,12,17-18H,11H2,1-2H3. The molecule has 0 fully saturated rings. The summed E-state index contributed by atoms with van der Waals surface area (Å²) in [6.45, 7) is 5.00. The van der Waals surface area contributed by atoms with Crippen molar-refractivity contribution in [3.8, 4) is 5.75 Å². The van der Waals surface area contributed by atoms with Gasteiger partial charge in [0.25, 0.3) is 0 Å². The van der Waals surface area contributed by atoms with E-state index in [1.165, 1.54) is 5.56 Å². The highest BCUT2D eigenvalue weighted by atomic mass is 16.3. The highest BCUT2D eigenvalue weighted by molar-refractivity contribution is 5.47. The summed E-state index contributed by atoms with van der Waals surface area (Å²) < 4.78 is 0. The first kappa shape index (κ1) is 12.5. The van der Waals surface area contributed by atoms with E-state index in [2.05, 4.69) is 37.4 Å². The summed E-state index contributed by atoms with van der Waals surface area (Å²) in [6, 6.07) is 15.8. The molecule has 0 saturated heterocycles. The van der Waals surface area contributed by atoms with E-state index in [0.29, 0.717) is 18.2 Å². The van der Waals surface area contributed by atoms with Crippen molar-refractivity contribution >= 4 is 5.69 Å². The zero-order chi connectivity index (χ0) is 13.0. The molecule has 2 heteroatoms. The fraction of sp³-hybridized carbons (Fsp3) is 0.250. The maximum Gasteiger partial charge on any atom is 0.120 e. The molecule has 0 unspecified atom stereocenters. The molecule has 2 nitrogen and oxygen atoms in total. The highest BCUT2D eigenvalue weighted by Crippen LogP contribution is 2.21. The van der Waals surface area contributed by atoms with E-state index in [1.807, 2.05) is 24.3 Å². The number of rotatable bonds is 4. The average molecular weight is 241 g/mol. The zero-order valence-electron chi connectivity index (χ0n) is 10.9. The number of aromatic hydroxyl groups is 1. The van der Waals surface area contributed by atoms with Crippen molar-refractivity contribution < 1.29 is 5.11 Å². The van der Waals surface area contributed by atoms with Crippen LogP contribution in [0.25, 0.3) is 0 Å². The van der Waals surface area contributed by atoms with E-state index in [9.17, 15) is 5.11 Å². The summed E-state index contributed by atoms with van der Waals surface area (Å²) in [5.74, 6) is 0.863. The second-order valence-electron chi connectivity index (χ2n) is 4.76. The van der Waals surface area contributed by atoms with E-state index in [-0.39, 0.29) is 0 Å². The van der Waals surface area contributed by atoms with E-state index >= 15 is 0 Å². The molecule has 18 heavy (non-hydrogen) atoms. The quantitative estimate of drug-likeness (QED) is 0.843. The maximum absolute atomic E-state index is 9.69. The van der Waals surface area contributed by atoms with Gasteiger partial charge in [-0.25, -0.2) is 0 Å². The van der Waals surface area contributed by atoms with Crippen molar-refractivity contribution in [2.24, 2.45) is 0 Å². The van der Waals surface area contributed by atoms with E-state index in [0.717, 1.165) is 11.3 Å². The third-order valence-electron chi connectivity index (χ3n) is 3.03. The molecular formula is C16H19NO. The second-order valence-corrected chi connectivity index (χ2v) is 4.76. The van der Waals surface area contributed by atoms with Crippen molar-refractivity contribution in [1.29, 1.82) is 0 Å². The average Bonchev–Trinajstić information content (AvgIpc) is 2.38. The molecular weight excluding hydrogens is 222 g/mol. The van der Waals surface area contributed by atoms with Gasteiger partial charge < -0.3 is 10.4 Å². The highest BCUT2D eigenvalue weighted by Gasteiger charge is 2.02. The molecule has 2 aromatic rings. The van der Waals surface area contributed by atoms with Crippen molar-refractivity contribution in [3.05, 3.63) is 59.7 Å². The molecule has 0 atom stereocenters. The van der Waals surface area contributed by atoms with Gasteiger partial charge in [-0.05, 0) is 29.7 Å². The Balaban J connectivity index is 2.07. The summed E-state index contributed by atoms with van der Waals surface area (Å²) in [4.78, 5) is 0. The number of hydrogen-bond donors (Lipinski definition) is 2. The van der Waals surface area contributed by atoms with Gasteiger partial charge in [-0.3, -0.25) is 0 Å². The number of benzene rings is 2. The number of phenols is 1. The summed E-state index contributed by atoms with van der Waals surface area (Å²) in [7, 11) is 0. The first-order valence-corrected chi connectivity index (χ1v) is 6.27. The largest absolute Gasteiger partial charge is 0.508 e. The van der Waals surface area contributed by atoms with E-state index in [1.54, 1.807) is 6.07 Å². The van der Waals surface area contributed by atoms with Gasteiger partial charge in [-0.2, -0.15) is 0 Å². The smallest absolute Gasteiger partial charge is 0.120 e. The number of nitrogens with one attached hydrogen (secondary N) is 1. The summed E-state index contributed by atoms with van der Waals surface area (Å²) in [6.07, 6.45) is 0. The predicted molar refractivity (Wildman–Crippen MR) is 76.0 cm³/mol. The van der Waals surface area contributed by atoms with Gasteiger partial charge in [0.05, 0.1) is 0 Å². The van der Waals surface area contributed by atoms with Gasteiger partial charge in [0.1, 0.15) is 5.75 Å². The fourth-order valence-corrected chi connectivity index (χ4v) is 1.87. The van der Waals surface area contributed by atoms with Crippen LogP contribution in [0, 0.1) is 0 Å². The van der Waals surface area contributed by atoms with Gasteiger partial charge in [0.2, 0.25) is 0 Å². The van der Waals surface area contributed by atoms with Crippen molar-refractivity contribution in [2.45, 2.75) is 26.3 Å². The lowest BCUT2D eigenvalue weighted by atomic mass is 10.0. The predicted octanol–water partition coefficient (Wildman–Crippen LogP) is 4.13. The van der Waals surface area contributed by atoms with Crippen molar-refractivity contribution in [2.75, 3.05) is 5.32 Å². The molecule has 0 aliphatic rings. The third-order valence-corrected chi connectivity index (χ3v) is 3.03. The fourth-order valence-electron chi connectivity index (χ4n) is 1.87. The van der Waals surface area contributed by atoms with Crippen LogP contribution in [0.1, 0.15) is 30.9 Å². The van der Waals surface area contributed by atoms with Gasteiger partial charge >= 0.3 is 0 Å². The Labute approximate surface area is 108 Å². The summed E-state index contributed by atoms with van der Waals surface area (Å²) in [5, 5.41) is 13.0. The van der Waals surface area contributed by atoms with Crippen LogP contribution < -0.4 is 5.32 Å².